The van der Waals surface area contributed by atoms with Crippen molar-refractivity contribution in [3.63, 3.8) is 0 Å². The van der Waals surface area contributed by atoms with E-state index in [2.05, 4.69) is 45.6 Å². The predicted octanol–water partition coefficient (Wildman–Crippen LogP) is 10.1. The van der Waals surface area contributed by atoms with Crippen LogP contribution in [0, 0.1) is 34.6 Å². The van der Waals surface area contributed by atoms with Crippen LogP contribution in [0.1, 0.15) is 27.8 Å². The van der Waals surface area contributed by atoms with Crippen molar-refractivity contribution in [1.29, 1.82) is 0 Å². The Bertz CT molecular complexity index is 1680. The molecule has 5 heteroatoms. The fourth-order valence-electron chi connectivity index (χ4n) is 4.34. The molecule has 0 spiro atoms. The Morgan fingerprint density at radius 2 is 1.11 bits per heavy atom. The summed E-state index contributed by atoms with van der Waals surface area (Å²) >= 11 is 0. The van der Waals surface area contributed by atoms with E-state index in [1.54, 1.807) is 0 Å². The first-order chi connectivity index (χ1) is 17.3. The number of benzene rings is 5. The van der Waals surface area contributed by atoms with Gasteiger partial charge in [-0.3, -0.25) is 0 Å². The van der Waals surface area contributed by atoms with E-state index in [-0.39, 0.29) is 5.75 Å². The Morgan fingerprint density at radius 3 is 1.86 bits per heavy atom. The molecule has 0 saturated heterocycles. The Hall–Kier alpha value is -4.38. The third kappa shape index (κ3) is 4.48. The molecule has 5 aromatic carbocycles. The van der Waals surface area contributed by atoms with E-state index in [9.17, 15) is 5.11 Å². The van der Waals surface area contributed by atoms with Crippen LogP contribution in [0.15, 0.2) is 93.3 Å². The molecule has 0 atom stereocenters. The van der Waals surface area contributed by atoms with Crippen molar-refractivity contribution < 1.29 is 5.11 Å². The first-order valence-electron chi connectivity index (χ1n) is 12.0. The highest BCUT2D eigenvalue weighted by atomic mass is 16.3. The van der Waals surface area contributed by atoms with Gasteiger partial charge in [-0.2, -0.15) is 5.11 Å². The molecular weight excluding hydrogens is 444 g/mol. The number of hydrogen-bond acceptors (Lipinski definition) is 5. The molecule has 5 aromatic rings. The number of phenols is 1. The molecule has 0 aliphatic heterocycles. The van der Waals surface area contributed by atoms with Gasteiger partial charge in [0.1, 0.15) is 5.69 Å². The zero-order chi connectivity index (χ0) is 25.4. The Morgan fingerprint density at radius 1 is 0.500 bits per heavy atom. The molecule has 0 bridgehead atoms. The van der Waals surface area contributed by atoms with Gasteiger partial charge in [-0.25, -0.2) is 0 Å². The molecule has 178 valence electrons. The second-order valence-corrected chi connectivity index (χ2v) is 9.44. The first-order valence-corrected chi connectivity index (χ1v) is 12.0. The number of fused-ring (bicyclic) bond motifs is 2. The topological polar surface area (TPSA) is 69.7 Å². The summed E-state index contributed by atoms with van der Waals surface area (Å²) in [6, 6.07) is 24.1. The second kappa shape index (κ2) is 9.34. The summed E-state index contributed by atoms with van der Waals surface area (Å²) in [6.07, 6.45) is 0. The summed E-state index contributed by atoms with van der Waals surface area (Å²) in [4.78, 5) is 0. The lowest BCUT2D eigenvalue weighted by Gasteiger charge is -2.10. The molecular formula is C31H28N4O. The molecule has 0 aromatic heterocycles. The number of aryl methyl sites for hydroxylation is 5. The molecule has 0 amide bonds. The molecule has 0 unspecified atom stereocenters. The monoisotopic (exact) mass is 472 g/mol. The van der Waals surface area contributed by atoms with Crippen molar-refractivity contribution in [2.24, 2.45) is 20.5 Å². The summed E-state index contributed by atoms with van der Waals surface area (Å²) in [7, 11) is 0. The van der Waals surface area contributed by atoms with Crippen LogP contribution in [0.3, 0.4) is 0 Å². The number of hydrogen-bond donors (Lipinski definition) is 1. The largest absolute Gasteiger partial charge is 0.505 e. The quantitative estimate of drug-likeness (QED) is 0.260. The average Bonchev–Trinajstić information content (AvgIpc) is 2.85. The van der Waals surface area contributed by atoms with E-state index >= 15 is 0 Å². The number of aromatic hydroxyl groups is 1. The summed E-state index contributed by atoms with van der Waals surface area (Å²) in [6.45, 7) is 10.2. The minimum absolute atomic E-state index is 0.154. The van der Waals surface area contributed by atoms with Crippen LogP contribution in [0.5, 0.6) is 5.75 Å². The highest BCUT2D eigenvalue weighted by molar-refractivity contribution is 6.00. The fraction of sp³-hybridized carbons (Fsp3) is 0.161. The highest BCUT2D eigenvalue weighted by Crippen LogP contribution is 2.41. The van der Waals surface area contributed by atoms with E-state index in [0.29, 0.717) is 11.4 Å². The molecule has 0 radical (unpaired) electrons. The third-order valence-corrected chi connectivity index (χ3v) is 6.58. The summed E-state index contributed by atoms with van der Waals surface area (Å²) in [5.41, 5.74) is 8.24. The van der Waals surface area contributed by atoms with Gasteiger partial charge in [0.05, 0.1) is 17.1 Å². The zero-order valence-electron chi connectivity index (χ0n) is 21.2. The van der Waals surface area contributed by atoms with Crippen LogP contribution in [-0.4, -0.2) is 5.11 Å². The molecule has 0 fully saturated rings. The maximum atomic E-state index is 11.0. The number of phenolic OH excluding ortho intramolecular Hbond substituents is 1. The standard InChI is InChI=1S/C31H28N4O/c1-18-6-9-24(10-7-18)32-33-28-12-13-29(27-14-19(2)8-11-25(27)28)34-35-30-22(5)16-23-15-20(3)21(4)17-26(23)31(30)36/h6-17,36H,1-5H3. The molecule has 0 aliphatic carbocycles. The van der Waals surface area contributed by atoms with Gasteiger partial charge < -0.3 is 5.11 Å². The van der Waals surface area contributed by atoms with Gasteiger partial charge in [0.2, 0.25) is 0 Å². The zero-order valence-corrected chi connectivity index (χ0v) is 21.2. The van der Waals surface area contributed by atoms with Crippen molar-refractivity contribution in [3.8, 4) is 5.75 Å². The Labute approximate surface area is 210 Å². The minimum Gasteiger partial charge on any atom is -0.505 e. The lowest BCUT2D eigenvalue weighted by Crippen LogP contribution is -1.85. The van der Waals surface area contributed by atoms with Crippen molar-refractivity contribution in [2.75, 3.05) is 0 Å². The number of rotatable bonds is 4. The van der Waals surface area contributed by atoms with Crippen molar-refractivity contribution in [1.82, 2.24) is 0 Å². The van der Waals surface area contributed by atoms with Gasteiger partial charge in [0.25, 0.3) is 0 Å². The van der Waals surface area contributed by atoms with Gasteiger partial charge in [-0.15, -0.1) is 15.3 Å². The average molecular weight is 473 g/mol. The first kappa shape index (κ1) is 23.4. The Kier molecular flexibility index (Phi) is 6.06. The van der Waals surface area contributed by atoms with E-state index in [1.165, 1.54) is 11.1 Å². The van der Waals surface area contributed by atoms with Gasteiger partial charge >= 0.3 is 0 Å². The van der Waals surface area contributed by atoms with E-state index in [4.69, 9.17) is 0 Å². The number of azo groups is 2. The van der Waals surface area contributed by atoms with Crippen LogP contribution in [0.4, 0.5) is 22.7 Å². The lowest BCUT2D eigenvalue weighted by atomic mass is 9.99. The predicted molar refractivity (Wildman–Crippen MR) is 148 cm³/mol. The maximum Gasteiger partial charge on any atom is 0.151 e. The minimum atomic E-state index is 0.154. The molecule has 36 heavy (non-hydrogen) atoms. The second-order valence-electron chi connectivity index (χ2n) is 9.44. The van der Waals surface area contributed by atoms with Gasteiger partial charge in [0.15, 0.2) is 5.75 Å². The molecule has 0 saturated carbocycles. The van der Waals surface area contributed by atoms with Crippen molar-refractivity contribution in [2.45, 2.75) is 34.6 Å². The van der Waals surface area contributed by atoms with Crippen LogP contribution in [0.25, 0.3) is 21.5 Å². The normalized spacial score (nSPS) is 11.9. The van der Waals surface area contributed by atoms with Crippen LogP contribution in [0.2, 0.25) is 0 Å². The molecule has 5 nitrogen and oxygen atoms in total. The van der Waals surface area contributed by atoms with E-state index < -0.39 is 0 Å². The molecule has 0 heterocycles. The molecule has 5 rings (SSSR count). The van der Waals surface area contributed by atoms with Gasteiger partial charge in [-0.05, 0) is 99.2 Å². The van der Waals surface area contributed by atoms with Crippen LogP contribution in [-0.2, 0) is 0 Å². The molecule has 0 aliphatic rings. The van der Waals surface area contributed by atoms with Crippen molar-refractivity contribution in [3.05, 3.63) is 101 Å². The van der Waals surface area contributed by atoms with Crippen LogP contribution < -0.4 is 0 Å². The maximum absolute atomic E-state index is 11.0. The highest BCUT2D eigenvalue weighted by Gasteiger charge is 2.12. The van der Waals surface area contributed by atoms with E-state index in [0.717, 1.165) is 49.6 Å². The smallest absolute Gasteiger partial charge is 0.151 e. The van der Waals surface area contributed by atoms with Gasteiger partial charge in [-0.1, -0.05) is 41.5 Å². The van der Waals surface area contributed by atoms with Crippen LogP contribution >= 0.6 is 0 Å². The Balaban J connectivity index is 1.57. The fourth-order valence-corrected chi connectivity index (χ4v) is 4.34. The summed E-state index contributed by atoms with van der Waals surface area (Å²) in [5, 5.41) is 32.7. The lowest BCUT2D eigenvalue weighted by molar-refractivity contribution is 0.482. The van der Waals surface area contributed by atoms with Crippen molar-refractivity contribution >= 4 is 44.3 Å². The molecule has 1 N–H and O–H groups in total. The summed E-state index contributed by atoms with van der Waals surface area (Å²) < 4.78 is 0. The summed E-state index contributed by atoms with van der Waals surface area (Å²) in [5.74, 6) is 0.154. The van der Waals surface area contributed by atoms with Gasteiger partial charge in [0, 0.05) is 16.2 Å². The third-order valence-electron chi connectivity index (χ3n) is 6.58. The van der Waals surface area contributed by atoms with E-state index in [1.807, 2.05) is 82.3 Å². The number of nitrogens with zero attached hydrogens (tertiary/aromatic N) is 4. The SMILES string of the molecule is Cc1ccc(N=Nc2ccc(N=Nc3c(C)cc4cc(C)c(C)cc4c3O)c3cc(C)ccc23)cc1.